The first-order valence-electron chi connectivity index (χ1n) is 13.4. The molecule has 9 heteroatoms. The SMILES string of the molecule is COC12COCCN(CCCCCN3C(=O)c4ccccc4C3=O)CCOCCN1C(=O)c1ccccc12. The van der Waals surface area contributed by atoms with Crippen LogP contribution >= 0.6 is 0 Å². The van der Waals surface area contributed by atoms with E-state index in [-0.39, 0.29) is 24.3 Å². The molecule has 3 aliphatic heterocycles. The topological polar surface area (TPSA) is 88.6 Å². The van der Waals surface area contributed by atoms with Crippen LogP contribution < -0.4 is 0 Å². The smallest absolute Gasteiger partial charge is 0.261 e. The zero-order chi connectivity index (χ0) is 26.5. The monoisotopic (exact) mass is 521 g/mol. The zero-order valence-corrected chi connectivity index (χ0v) is 21.9. The molecule has 5 rings (SSSR count). The van der Waals surface area contributed by atoms with Crippen molar-refractivity contribution in [3.8, 4) is 0 Å². The summed E-state index contributed by atoms with van der Waals surface area (Å²) < 4.78 is 18.0. The van der Waals surface area contributed by atoms with Gasteiger partial charge in [0.15, 0.2) is 5.72 Å². The van der Waals surface area contributed by atoms with Gasteiger partial charge in [-0.05, 0) is 37.6 Å². The van der Waals surface area contributed by atoms with Crippen molar-refractivity contribution in [3.05, 3.63) is 70.8 Å². The van der Waals surface area contributed by atoms with E-state index in [0.717, 1.165) is 44.5 Å². The first-order chi connectivity index (χ1) is 18.6. The molecule has 1 unspecified atom stereocenters. The Hall–Kier alpha value is -3.11. The van der Waals surface area contributed by atoms with Gasteiger partial charge in [0.05, 0.1) is 37.6 Å². The Morgan fingerprint density at radius 2 is 1.34 bits per heavy atom. The van der Waals surface area contributed by atoms with E-state index in [1.165, 1.54) is 4.90 Å². The van der Waals surface area contributed by atoms with E-state index in [1.54, 1.807) is 36.3 Å². The standard InChI is InChI=1S/C29H35N3O6/c1-36-29-21-38-19-16-30(15-18-37-20-17-32(29)28(35)24-11-5-6-12-25(24)29)13-7-2-8-14-31-26(33)22-9-3-4-10-23(22)27(31)34/h3-6,9-12H,2,7-8,13-21H2,1H3. The van der Waals surface area contributed by atoms with Crippen LogP contribution in [0.5, 0.6) is 0 Å². The molecule has 202 valence electrons. The van der Waals surface area contributed by atoms with Gasteiger partial charge in [-0.1, -0.05) is 36.8 Å². The van der Waals surface area contributed by atoms with Crippen molar-refractivity contribution in [3.63, 3.8) is 0 Å². The summed E-state index contributed by atoms with van der Waals surface area (Å²) in [5.74, 6) is -0.446. The number of rotatable bonds is 7. The van der Waals surface area contributed by atoms with Crippen LogP contribution in [-0.4, -0.2) is 98.7 Å². The number of unbranched alkanes of at least 4 members (excludes halogenated alkanes) is 2. The fourth-order valence-corrected chi connectivity index (χ4v) is 5.60. The van der Waals surface area contributed by atoms with Gasteiger partial charge in [-0.15, -0.1) is 0 Å². The highest BCUT2D eigenvalue weighted by molar-refractivity contribution is 6.21. The number of methoxy groups -OCH3 is 1. The maximum atomic E-state index is 13.1. The average molecular weight is 522 g/mol. The Bertz CT molecular complexity index is 1150. The largest absolute Gasteiger partial charge is 0.378 e. The maximum absolute atomic E-state index is 13.1. The quantitative estimate of drug-likeness (QED) is 0.409. The van der Waals surface area contributed by atoms with E-state index < -0.39 is 5.72 Å². The molecule has 3 heterocycles. The highest BCUT2D eigenvalue weighted by Gasteiger charge is 2.50. The summed E-state index contributed by atoms with van der Waals surface area (Å²) in [6.45, 7) is 4.96. The van der Waals surface area contributed by atoms with Crippen LogP contribution in [0.4, 0.5) is 0 Å². The molecule has 3 aliphatic rings. The lowest BCUT2D eigenvalue weighted by Crippen LogP contribution is -2.50. The number of carbonyl (C=O) groups excluding carboxylic acids is 3. The Morgan fingerprint density at radius 3 is 2.05 bits per heavy atom. The molecular formula is C29H35N3O6. The van der Waals surface area contributed by atoms with E-state index in [4.69, 9.17) is 14.2 Å². The van der Waals surface area contributed by atoms with E-state index in [0.29, 0.717) is 49.6 Å². The summed E-state index contributed by atoms with van der Waals surface area (Å²) in [6, 6.07) is 14.5. The van der Waals surface area contributed by atoms with Crippen LogP contribution in [-0.2, 0) is 19.9 Å². The molecule has 0 saturated carbocycles. The fourth-order valence-electron chi connectivity index (χ4n) is 5.60. The highest BCUT2D eigenvalue weighted by atomic mass is 16.6. The zero-order valence-electron chi connectivity index (χ0n) is 21.9. The molecule has 1 fully saturated rings. The molecule has 38 heavy (non-hydrogen) atoms. The number of fused-ring (bicyclic) bond motifs is 4. The molecule has 0 aromatic heterocycles. The van der Waals surface area contributed by atoms with Crippen molar-refractivity contribution in [2.45, 2.75) is 25.0 Å². The van der Waals surface area contributed by atoms with Crippen LogP contribution in [0, 0.1) is 0 Å². The van der Waals surface area contributed by atoms with Gasteiger partial charge in [0, 0.05) is 44.4 Å². The van der Waals surface area contributed by atoms with E-state index in [9.17, 15) is 14.4 Å². The van der Waals surface area contributed by atoms with Gasteiger partial charge in [0.25, 0.3) is 17.7 Å². The van der Waals surface area contributed by atoms with Crippen LogP contribution in [0.1, 0.15) is 55.9 Å². The Balaban J connectivity index is 1.11. The van der Waals surface area contributed by atoms with Gasteiger partial charge in [-0.25, -0.2) is 0 Å². The second-order valence-electron chi connectivity index (χ2n) is 9.87. The second kappa shape index (κ2) is 11.7. The third kappa shape index (κ3) is 4.99. The summed E-state index contributed by atoms with van der Waals surface area (Å²) in [7, 11) is 1.62. The van der Waals surface area contributed by atoms with Crippen LogP contribution in [0.3, 0.4) is 0 Å². The lowest BCUT2D eigenvalue weighted by molar-refractivity contribution is -0.162. The molecule has 0 aliphatic carbocycles. The summed E-state index contributed by atoms with van der Waals surface area (Å²) in [4.78, 5) is 43.6. The summed E-state index contributed by atoms with van der Waals surface area (Å²) in [5, 5.41) is 0. The lowest BCUT2D eigenvalue weighted by atomic mass is 10.0. The van der Waals surface area contributed by atoms with Gasteiger partial charge in [-0.2, -0.15) is 0 Å². The molecule has 1 saturated heterocycles. The normalized spacial score (nSPS) is 22.6. The number of imide groups is 1. The Labute approximate surface area is 223 Å². The van der Waals surface area contributed by atoms with Gasteiger partial charge in [0.2, 0.25) is 0 Å². The van der Waals surface area contributed by atoms with E-state index >= 15 is 0 Å². The number of ether oxygens (including phenoxy) is 3. The Kier molecular flexibility index (Phi) is 8.18. The van der Waals surface area contributed by atoms with Crippen molar-refractivity contribution >= 4 is 17.7 Å². The summed E-state index contributed by atoms with van der Waals surface area (Å²) in [6.07, 6.45) is 2.62. The molecule has 2 aromatic carbocycles. The van der Waals surface area contributed by atoms with Crippen molar-refractivity contribution in [2.75, 3.05) is 66.3 Å². The van der Waals surface area contributed by atoms with Gasteiger partial charge < -0.3 is 19.1 Å². The molecule has 9 nitrogen and oxygen atoms in total. The van der Waals surface area contributed by atoms with E-state index in [2.05, 4.69) is 4.90 Å². The number of nitrogens with zero attached hydrogens (tertiary/aromatic N) is 3. The van der Waals surface area contributed by atoms with E-state index in [1.807, 2.05) is 24.3 Å². The van der Waals surface area contributed by atoms with Crippen molar-refractivity contribution < 1.29 is 28.6 Å². The van der Waals surface area contributed by atoms with Crippen LogP contribution in [0.2, 0.25) is 0 Å². The summed E-state index contributed by atoms with van der Waals surface area (Å²) in [5.41, 5.74) is 1.53. The van der Waals surface area contributed by atoms with Crippen LogP contribution in [0.15, 0.2) is 48.5 Å². The predicted molar refractivity (Wildman–Crippen MR) is 140 cm³/mol. The minimum absolute atomic E-state index is 0.0606. The van der Waals surface area contributed by atoms with Crippen LogP contribution in [0.25, 0.3) is 0 Å². The molecular weight excluding hydrogens is 486 g/mol. The lowest BCUT2D eigenvalue weighted by Gasteiger charge is -2.38. The third-order valence-electron chi connectivity index (χ3n) is 7.69. The van der Waals surface area contributed by atoms with Gasteiger partial charge in [-0.3, -0.25) is 24.2 Å². The molecule has 0 radical (unpaired) electrons. The minimum atomic E-state index is -0.953. The third-order valence-corrected chi connectivity index (χ3v) is 7.69. The molecule has 1 atom stereocenters. The number of hydrogen-bond acceptors (Lipinski definition) is 7. The molecule has 0 N–H and O–H groups in total. The average Bonchev–Trinajstić information content (AvgIpc) is 3.32. The number of amides is 3. The first kappa shape index (κ1) is 26.5. The maximum Gasteiger partial charge on any atom is 0.261 e. The minimum Gasteiger partial charge on any atom is -0.378 e. The molecule has 0 bridgehead atoms. The second-order valence-corrected chi connectivity index (χ2v) is 9.87. The molecule has 3 amide bonds. The number of hydrogen-bond donors (Lipinski definition) is 0. The predicted octanol–water partition coefficient (Wildman–Crippen LogP) is 2.76. The Morgan fingerprint density at radius 1 is 0.737 bits per heavy atom. The molecule has 2 aromatic rings. The van der Waals surface area contributed by atoms with Gasteiger partial charge >= 0.3 is 0 Å². The van der Waals surface area contributed by atoms with Crippen molar-refractivity contribution in [2.24, 2.45) is 0 Å². The number of carbonyl (C=O) groups is 3. The highest BCUT2D eigenvalue weighted by Crippen LogP contribution is 2.40. The number of benzene rings is 2. The molecule has 0 spiro atoms. The van der Waals surface area contributed by atoms with Crippen molar-refractivity contribution in [1.29, 1.82) is 0 Å². The fraction of sp³-hybridized carbons (Fsp3) is 0.483. The first-order valence-corrected chi connectivity index (χ1v) is 13.4. The van der Waals surface area contributed by atoms with Crippen molar-refractivity contribution in [1.82, 2.24) is 14.7 Å². The summed E-state index contributed by atoms with van der Waals surface area (Å²) >= 11 is 0. The van der Waals surface area contributed by atoms with Gasteiger partial charge in [0.1, 0.15) is 0 Å².